The molecule has 30 heteroatoms. The molecule has 0 spiro atoms. The molecule has 3 aromatic carbocycles. The number of phenols is 1. The summed E-state index contributed by atoms with van der Waals surface area (Å²) in [6.45, 7) is 2.84. The van der Waals surface area contributed by atoms with Gasteiger partial charge >= 0.3 is 10.4 Å². The highest BCUT2D eigenvalue weighted by atomic mass is 32.3. The molecular weight excluding hydrogens is 1140 g/mol. The van der Waals surface area contributed by atoms with Gasteiger partial charge in [0.15, 0.2) is 17.3 Å². The number of carbonyl (C=O) groups is 8. The van der Waals surface area contributed by atoms with Crippen LogP contribution in [-0.2, 0) is 44.0 Å². The Labute approximate surface area is 487 Å². The number of carbonyl (C=O) groups excluding carboxylic acids is 8. The van der Waals surface area contributed by atoms with Crippen LogP contribution in [0.3, 0.4) is 0 Å². The van der Waals surface area contributed by atoms with Gasteiger partial charge in [-0.05, 0) is 93.1 Å². The zero-order valence-electron chi connectivity index (χ0n) is 46.2. The highest BCUT2D eigenvalue weighted by molar-refractivity contribution is 7.81. The summed E-state index contributed by atoms with van der Waals surface area (Å²) in [5, 5.41) is 83.3. The maximum absolute atomic E-state index is 14.5. The van der Waals surface area contributed by atoms with Gasteiger partial charge in [-0.2, -0.15) is 8.42 Å². The Bertz CT molecular complexity index is 3180. The van der Waals surface area contributed by atoms with Gasteiger partial charge in [0, 0.05) is 48.8 Å². The second-order valence-electron chi connectivity index (χ2n) is 20.9. The second-order valence-corrected chi connectivity index (χ2v) is 21.9. The third-order valence-electron chi connectivity index (χ3n) is 14.6. The number of aliphatic hydroxyl groups is 5. The molecule has 0 aliphatic carbocycles. The molecule has 3 aliphatic heterocycles. The minimum Gasteiger partial charge on any atom is -0.504 e. The van der Waals surface area contributed by atoms with E-state index >= 15 is 0 Å². The Morgan fingerprint density at radius 3 is 2.04 bits per heavy atom. The molecule has 0 saturated carbocycles. The number of nitrogens with two attached hydrogens (primary N) is 1. The number of primary amides is 1. The topological polar surface area (TPSA) is 449 Å². The number of fused-ring (bicyclic) bond motifs is 2. The molecule has 3 fully saturated rings. The summed E-state index contributed by atoms with van der Waals surface area (Å²) in [7, 11) is -5.29. The number of amides is 8. The van der Waals surface area contributed by atoms with Gasteiger partial charge in [-0.1, -0.05) is 43.1 Å². The lowest BCUT2D eigenvalue weighted by Gasteiger charge is -2.34. The minimum absolute atomic E-state index is 0.0159. The maximum Gasteiger partial charge on any atom is 0.446 e. The van der Waals surface area contributed by atoms with E-state index in [0.717, 1.165) is 53.7 Å². The Morgan fingerprint density at radius 1 is 0.800 bits per heavy atom. The fraction of sp³-hybridized carbons (Fsp3) is 0.473. The number of nitrogens with one attached hydrogen (secondary N) is 5. The standard InChI is InChI=1S/C55H69N9O20S/c1-3-4-5-22-82-34-17-14-30(15-18-34)41-25-35(62-83-41)29-10-12-31(13-11-29)49(72)58-36-24-33(66)27-57-51(74)37-8-6-20-63(37)55(78)45(40(68)26-43(56)69)60-53(76)46(48(71)47(70)32-16-19-39(67)42(23-32)84-85(79,80)81)61-52(75)38-9-7-21-64(38)54(77)44(28(2)65)59-50(36)73/h10-19,23,25,28,33,36-38,40,44-48,65-68,70-71H,3-9,20-22,24,26-27H2,1-2H3,(H2,56,69)(H,57,74)(H,58,72)(H,59,73)(H,60,76)(H,61,75)(H,79,80,81)/t28?,33-,36+,37?,38?,40?,44?,45?,46?,47+,48+/m1/s1. The van der Waals surface area contributed by atoms with Crippen LogP contribution in [0.4, 0.5) is 0 Å². The fourth-order valence-corrected chi connectivity index (χ4v) is 10.4. The van der Waals surface area contributed by atoms with Gasteiger partial charge in [-0.3, -0.25) is 42.9 Å². The number of aromatic hydroxyl groups is 1. The van der Waals surface area contributed by atoms with Gasteiger partial charge < -0.3 is 86.2 Å². The monoisotopic (exact) mass is 1210 g/mol. The number of β-amino-alcohol motifs (C(OH)–C–C–N with tert-alkyl or cyclic N) is 1. The minimum atomic E-state index is -5.29. The fourth-order valence-electron chi connectivity index (χ4n) is 10.1. The zero-order chi connectivity index (χ0) is 61.9. The van der Waals surface area contributed by atoms with Crippen molar-refractivity contribution in [3.8, 4) is 39.8 Å². The van der Waals surface area contributed by atoms with Crippen LogP contribution in [0.15, 0.2) is 77.3 Å². The largest absolute Gasteiger partial charge is 0.504 e. The van der Waals surface area contributed by atoms with Crippen LogP contribution in [0.5, 0.6) is 17.2 Å². The Balaban J connectivity index is 1.17. The van der Waals surface area contributed by atoms with Gasteiger partial charge in [0.25, 0.3) is 5.91 Å². The first-order chi connectivity index (χ1) is 40.3. The van der Waals surface area contributed by atoms with Crippen molar-refractivity contribution in [2.75, 3.05) is 26.2 Å². The molecule has 460 valence electrons. The molecule has 8 amide bonds. The molecule has 7 rings (SSSR count). The summed E-state index contributed by atoms with van der Waals surface area (Å²) in [5.41, 5.74) is 6.57. The van der Waals surface area contributed by atoms with E-state index in [0.29, 0.717) is 35.4 Å². The van der Waals surface area contributed by atoms with Gasteiger partial charge in [0.2, 0.25) is 41.4 Å². The summed E-state index contributed by atoms with van der Waals surface area (Å²) < 4.78 is 48.1. The van der Waals surface area contributed by atoms with E-state index in [4.69, 9.17) is 15.0 Å². The summed E-state index contributed by atoms with van der Waals surface area (Å²) in [4.78, 5) is 114. The number of aromatic nitrogens is 1. The van der Waals surface area contributed by atoms with E-state index in [1.165, 1.54) is 12.1 Å². The van der Waals surface area contributed by atoms with E-state index in [2.05, 4.69) is 42.8 Å². The van der Waals surface area contributed by atoms with Crippen molar-refractivity contribution < 1.29 is 95.4 Å². The first-order valence-corrected chi connectivity index (χ1v) is 28.8. The molecule has 0 radical (unpaired) electrons. The molecule has 14 N–H and O–H groups in total. The quantitative estimate of drug-likeness (QED) is 0.0402. The zero-order valence-corrected chi connectivity index (χ0v) is 47.1. The Kier molecular flexibility index (Phi) is 21.6. The highest BCUT2D eigenvalue weighted by Gasteiger charge is 2.46. The first-order valence-electron chi connectivity index (χ1n) is 27.4. The number of aliphatic hydroxyl groups excluding tert-OH is 5. The van der Waals surface area contributed by atoms with Crippen molar-refractivity contribution in [3.05, 3.63) is 83.9 Å². The molecule has 4 heterocycles. The normalized spacial score (nSPS) is 23.6. The van der Waals surface area contributed by atoms with Crippen LogP contribution in [0.2, 0.25) is 0 Å². The molecule has 7 unspecified atom stereocenters. The number of nitrogens with zero attached hydrogens (tertiary/aromatic N) is 3. The lowest BCUT2D eigenvalue weighted by atomic mass is 9.96. The van der Waals surface area contributed by atoms with Gasteiger partial charge in [0.05, 0.1) is 31.3 Å². The van der Waals surface area contributed by atoms with Crippen LogP contribution in [0.1, 0.15) is 93.7 Å². The number of rotatable bonds is 18. The van der Waals surface area contributed by atoms with Crippen LogP contribution in [0.25, 0.3) is 22.6 Å². The second kappa shape index (κ2) is 28.5. The van der Waals surface area contributed by atoms with E-state index < -0.39 is 161 Å². The van der Waals surface area contributed by atoms with Crippen LogP contribution in [-0.4, -0.2) is 193 Å². The van der Waals surface area contributed by atoms with Crippen molar-refractivity contribution >= 4 is 57.7 Å². The predicted molar refractivity (Wildman–Crippen MR) is 295 cm³/mol. The van der Waals surface area contributed by atoms with Crippen molar-refractivity contribution in [2.24, 2.45) is 5.73 Å². The molecule has 85 heavy (non-hydrogen) atoms. The third-order valence-corrected chi connectivity index (χ3v) is 15.0. The SMILES string of the molecule is CCCCCOc1ccc(-c2cc(-c3ccc(C(=O)N[C@H]4C[C@@H](O)CNC(=O)C5CCCN5C(=O)C(C(O)CC(N)=O)NC(=O)C([C@H](O)[C@@H](O)c5ccc(O)c(OS(=O)(=O)O)c5)NC(=O)C5CCCN5C(=O)C(C(C)O)NC4=O)cc3)no2)cc1. The molecule has 3 aliphatic rings. The van der Waals surface area contributed by atoms with Crippen molar-refractivity contribution in [1.82, 2.24) is 41.5 Å². The molecule has 1 aromatic heterocycles. The van der Waals surface area contributed by atoms with Gasteiger partial charge in [-0.25, -0.2) is 0 Å². The maximum atomic E-state index is 14.5. The van der Waals surface area contributed by atoms with Gasteiger partial charge in [0.1, 0.15) is 59.9 Å². The van der Waals surface area contributed by atoms with Crippen LogP contribution in [0, 0.1) is 0 Å². The van der Waals surface area contributed by atoms with E-state index in [-0.39, 0.29) is 44.3 Å². The molecular formula is C55H69N9O20S. The molecule has 3 saturated heterocycles. The number of ether oxygens (including phenoxy) is 1. The van der Waals surface area contributed by atoms with Crippen molar-refractivity contribution in [3.63, 3.8) is 0 Å². The highest BCUT2D eigenvalue weighted by Crippen LogP contribution is 2.33. The first kappa shape index (κ1) is 64.3. The summed E-state index contributed by atoms with van der Waals surface area (Å²) >= 11 is 0. The number of phenolic OH excluding ortho intramolecular Hbond substituents is 1. The van der Waals surface area contributed by atoms with E-state index in [1.807, 2.05) is 24.3 Å². The summed E-state index contributed by atoms with van der Waals surface area (Å²) in [6.07, 6.45) is -8.85. The number of hydrogen-bond acceptors (Lipinski definition) is 20. The lowest BCUT2D eigenvalue weighted by molar-refractivity contribution is -0.147. The molecule has 29 nitrogen and oxygen atoms in total. The van der Waals surface area contributed by atoms with Crippen LogP contribution >= 0.6 is 0 Å². The Morgan fingerprint density at radius 2 is 1.41 bits per heavy atom. The predicted octanol–water partition coefficient (Wildman–Crippen LogP) is -1.41. The summed E-state index contributed by atoms with van der Waals surface area (Å²) in [6, 6.07) is 6.23. The third kappa shape index (κ3) is 16.6. The number of hydrogen-bond donors (Lipinski definition) is 13. The summed E-state index contributed by atoms with van der Waals surface area (Å²) in [5.74, 6) is -9.72. The molecule has 4 aromatic rings. The number of benzene rings is 3. The van der Waals surface area contributed by atoms with Crippen LogP contribution < -0.4 is 41.2 Å². The average Bonchev–Trinajstić information content (AvgIpc) is 3.10. The Hall–Kier alpha value is -8.26. The van der Waals surface area contributed by atoms with Crippen molar-refractivity contribution in [1.29, 1.82) is 0 Å². The molecule has 11 atom stereocenters. The lowest BCUT2D eigenvalue weighted by Crippen LogP contribution is -2.64. The van der Waals surface area contributed by atoms with Gasteiger partial charge in [-0.15, -0.1) is 0 Å². The van der Waals surface area contributed by atoms with E-state index in [1.54, 1.807) is 18.2 Å². The van der Waals surface area contributed by atoms with E-state index in [9.17, 15) is 82.0 Å². The number of unbranched alkanes of at least 4 members (excludes halogenated alkanes) is 2. The smallest absolute Gasteiger partial charge is 0.446 e. The molecule has 0 bridgehead atoms. The van der Waals surface area contributed by atoms with Crippen molar-refractivity contribution in [2.45, 2.75) is 138 Å². The average molecular weight is 1210 g/mol.